The lowest BCUT2D eigenvalue weighted by molar-refractivity contribution is -0.122. The minimum Gasteiger partial charge on any atom is -0.481 e. The van der Waals surface area contributed by atoms with Crippen molar-refractivity contribution in [1.29, 1.82) is 0 Å². The Bertz CT molecular complexity index is 1170. The topological polar surface area (TPSA) is 102 Å². The monoisotopic (exact) mass is 448 g/mol. The Morgan fingerprint density at radius 2 is 2.06 bits per heavy atom. The lowest BCUT2D eigenvalue weighted by atomic mass is 9.93. The molecule has 0 radical (unpaired) electrons. The molecule has 9 heteroatoms. The van der Waals surface area contributed by atoms with Gasteiger partial charge in [0, 0.05) is 60.9 Å². The zero-order valence-corrected chi connectivity index (χ0v) is 18.7. The number of likely N-dealkylation sites (tertiary alicyclic amines) is 1. The summed E-state index contributed by atoms with van der Waals surface area (Å²) in [5, 5.41) is 8.91. The third-order valence-electron chi connectivity index (χ3n) is 6.39. The number of piperidine rings is 1. The predicted molar refractivity (Wildman–Crippen MR) is 122 cm³/mol. The van der Waals surface area contributed by atoms with Gasteiger partial charge in [-0.15, -0.1) is 0 Å². The lowest BCUT2D eigenvalue weighted by Gasteiger charge is -2.32. The van der Waals surface area contributed by atoms with Crippen molar-refractivity contribution in [3.8, 4) is 5.88 Å². The highest BCUT2D eigenvalue weighted by atomic mass is 16.5. The fraction of sp³-hybridized carbons (Fsp3) is 0.458. The summed E-state index contributed by atoms with van der Waals surface area (Å²) < 4.78 is 7.05. The van der Waals surface area contributed by atoms with Crippen LogP contribution in [-0.2, 0) is 11.3 Å². The van der Waals surface area contributed by atoms with Gasteiger partial charge in [0.25, 0.3) is 5.91 Å². The number of nitrogens with zero attached hydrogens (tertiary/aromatic N) is 5. The molecule has 1 N–H and O–H groups in total. The number of aromatic nitrogens is 4. The molecule has 0 spiro atoms. The molecule has 172 valence electrons. The van der Waals surface area contributed by atoms with Crippen molar-refractivity contribution in [1.82, 2.24) is 30.0 Å². The van der Waals surface area contributed by atoms with E-state index in [0.717, 1.165) is 42.4 Å². The van der Waals surface area contributed by atoms with E-state index in [9.17, 15) is 9.59 Å². The van der Waals surface area contributed by atoms with E-state index < -0.39 is 0 Å². The number of amides is 2. The van der Waals surface area contributed by atoms with Gasteiger partial charge in [0.1, 0.15) is 0 Å². The minimum absolute atomic E-state index is 0.0231. The van der Waals surface area contributed by atoms with E-state index in [0.29, 0.717) is 37.6 Å². The lowest BCUT2D eigenvalue weighted by Crippen LogP contribution is -2.39. The highest BCUT2D eigenvalue weighted by molar-refractivity contribution is 5.94. The fourth-order valence-corrected chi connectivity index (χ4v) is 4.49. The number of hydrogen-bond acceptors (Lipinski definition) is 6. The van der Waals surface area contributed by atoms with Crippen molar-refractivity contribution >= 4 is 22.8 Å². The Balaban J connectivity index is 1.33. The van der Waals surface area contributed by atoms with Gasteiger partial charge in [-0.3, -0.25) is 9.59 Å². The van der Waals surface area contributed by atoms with Crippen LogP contribution in [-0.4, -0.2) is 63.2 Å². The first-order valence-corrected chi connectivity index (χ1v) is 11.5. The Hall–Kier alpha value is -3.49. The van der Waals surface area contributed by atoms with Gasteiger partial charge >= 0.3 is 0 Å². The number of hydrogen-bond donors (Lipinski definition) is 1. The predicted octanol–water partition coefficient (Wildman–Crippen LogP) is 2.38. The van der Waals surface area contributed by atoms with Gasteiger partial charge in [0.2, 0.25) is 11.8 Å². The highest BCUT2D eigenvalue weighted by Gasteiger charge is 2.30. The van der Waals surface area contributed by atoms with Crippen LogP contribution in [0.3, 0.4) is 0 Å². The molecule has 3 aromatic heterocycles. The van der Waals surface area contributed by atoms with Crippen LogP contribution >= 0.6 is 0 Å². The normalized spacial score (nSPS) is 18.3. The molecule has 3 aromatic rings. The average molecular weight is 449 g/mol. The SMILES string of the molecule is COc1cc(C(=O)N2CCC[C@H](c3nn(CCNC(=O)C4CC4)c4ncccc34)C2)ccn1. The van der Waals surface area contributed by atoms with Crippen LogP contribution in [0.15, 0.2) is 36.7 Å². The van der Waals surface area contributed by atoms with Gasteiger partial charge in [0.15, 0.2) is 5.65 Å². The molecule has 1 aliphatic heterocycles. The second-order valence-corrected chi connectivity index (χ2v) is 8.73. The van der Waals surface area contributed by atoms with Crippen LogP contribution in [0.1, 0.15) is 47.7 Å². The first kappa shape index (κ1) is 21.4. The molecular formula is C24H28N6O3. The number of ether oxygens (including phenoxy) is 1. The van der Waals surface area contributed by atoms with Gasteiger partial charge in [0.05, 0.1) is 19.3 Å². The summed E-state index contributed by atoms with van der Waals surface area (Å²) in [6.07, 6.45) is 7.21. The number of methoxy groups -OCH3 is 1. The maximum absolute atomic E-state index is 13.1. The van der Waals surface area contributed by atoms with Crippen molar-refractivity contribution in [3.05, 3.63) is 47.9 Å². The molecular weight excluding hydrogens is 420 g/mol. The molecule has 2 fully saturated rings. The number of nitrogens with one attached hydrogen (secondary N) is 1. The van der Waals surface area contributed by atoms with E-state index >= 15 is 0 Å². The first-order chi connectivity index (χ1) is 16.1. The Labute approximate surface area is 192 Å². The molecule has 1 saturated heterocycles. The van der Waals surface area contributed by atoms with Crippen molar-refractivity contribution < 1.29 is 14.3 Å². The van der Waals surface area contributed by atoms with E-state index in [4.69, 9.17) is 9.84 Å². The van der Waals surface area contributed by atoms with Gasteiger partial charge in [-0.2, -0.15) is 5.10 Å². The molecule has 5 rings (SSSR count). The minimum atomic E-state index is -0.0231. The first-order valence-electron chi connectivity index (χ1n) is 11.5. The molecule has 2 aliphatic rings. The van der Waals surface area contributed by atoms with Crippen LogP contribution in [0.2, 0.25) is 0 Å². The van der Waals surface area contributed by atoms with Crippen LogP contribution in [0.5, 0.6) is 5.88 Å². The maximum Gasteiger partial charge on any atom is 0.254 e. The van der Waals surface area contributed by atoms with Gasteiger partial charge < -0.3 is 15.0 Å². The fourth-order valence-electron chi connectivity index (χ4n) is 4.49. The Kier molecular flexibility index (Phi) is 5.93. The number of carbonyl (C=O) groups excluding carboxylic acids is 2. The summed E-state index contributed by atoms with van der Waals surface area (Å²) in [7, 11) is 1.54. The van der Waals surface area contributed by atoms with Crippen molar-refractivity contribution in [3.63, 3.8) is 0 Å². The van der Waals surface area contributed by atoms with Gasteiger partial charge in [-0.1, -0.05) is 0 Å². The maximum atomic E-state index is 13.1. The largest absolute Gasteiger partial charge is 0.481 e. The third-order valence-corrected chi connectivity index (χ3v) is 6.39. The molecule has 1 aliphatic carbocycles. The Morgan fingerprint density at radius 1 is 1.18 bits per heavy atom. The Morgan fingerprint density at radius 3 is 2.88 bits per heavy atom. The third kappa shape index (κ3) is 4.53. The molecule has 4 heterocycles. The van der Waals surface area contributed by atoms with Crippen LogP contribution in [0.4, 0.5) is 0 Å². The summed E-state index contributed by atoms with van der Waals surface area (Å²) in [5.74, 6) is 0.859. The second kappa shape index (κ2) is 9.17. The second-order valence-electron chi connectivity index (χ2n) is 8.73. The molecule has 0 bridgehead atoms. The van der Waals surface area contributed by atoms with E-state index in [1.54, 1.807) is 31.6 Å². The molecule has 0 aromatic carbocycles. The van der Waals surface area contributed by atoms with Gasteiger partial charge in [-0.25, -0.2) is 14.6 Å². The van der Waals surface area contributed by atoms with Crippen molar-refractivity contribution in [2.24, 2.45) is 5.92 Å². The van der Waals surface area contributed by atoms with E-state index in [2.05, 4.69) is 15.3 Å². The summed E-state index contributed by atoms with van der Waals surface area (Å²) in [5.41, 5.74) is 2.36. The quantitative estimate of drug-likeness (QED) is 0.595. The molecule has 1 atom stereocenters. The standard InChI is InChI=1S/C24H28N6O3/c1-33-20-14-17(8-10-25-20)24(32)29-12-3-4-18(15-29)21-19-5-2-9-26-22(19)30(28-21)13-11-27-23(31)16-6-7-16/h2,5,8-10,14,16,18H,3-4,6-7,11-13,15H2,1H3,(H,27,31)/t18-/m0/s1. The smallest absolute Gasteiger partial charge is 0.254 e. The molecule has 0 unspecified atom stereocenters. The molecule has 33 heavy (non-hydrogen) atoms. The summed E-state index contributed by atoms with van der Waals surface area (Å²) in [6, 6.07) is 7.36. The molecule has 2 amide bonds. The zero-order valence-electron chi connectivity index (χ0n) is 18.7. The summed E-state index contributed by atoms with van der Waals surface area (Å²) >= 11 is 0. The molecule has 9 nitrogen and oxygen atoms in total. The number of carbonyl (C=O) groups is 2. The average Bonchev–Trinajstić information content (AvgIpc) is 3.66. The summed E-state index contributed by atoms with van der Waals surface area (Å²) in [4.78, 5) is 35.6. The van der Waals surface area contributed by atoms with Gasteiger partial charge in [-0.05, 0) is 43.9 Å². The van der Waals surface area contributed by atoms with E-state index in [1.807, 2.05) is 21.7 Å². The highest BCUT2D eigenvalue weighted by Crippen LogP contribution is 2.32. The summed E-state index contributed by atoms with van der Waals surface area (Å²) in [6.45, 7) is 2.41. The van der Waals surface area contributed by atoms with Crippen molar-refractivity contribution in [2.75, 3.05) is 26.7 Å². The number of fused-ring (bicyclic) bond motifs is 1. The zero-order chi connectivity index (χ0) is 22.8. The van der Waals surface area contributed by atoms with Crippen molar-refractivity contribution in [2.45, 2.75) is 38.1 Å². The van der Waals surface area contributed by atoms with Crippen LogP contribution < -0.4 is 10.1 Å². The number of pyridine rings is 2. The molecule has 1 saturated carbocycles. The van der Waals surface area contributed by atoms with E-state index in [1.165, 1.54) is 0 Å². The van der Waals surface area contributed by atoms with Crippen LogP contribution in [0, 0.1) is 5.92 Å². The van der Waals surface area contributed by atoms with E-state index in [-0.39, 0.29) is 23.7 Å². The number of rotatable bonds is 7. The van der Waals surface area contributed by atoms with Crippen LogP contribution in [0.25, 0.3) is 11.0 Å².